The van der Waals surface area contributed by atoms with Gasteiger partial charge in [0, 0.05) is 23.3 Å². The smallest absolute Gasteiger partial charge is 0.131 e. The van der Waals surface area contributed by atoms with Gasteiger partial charge >= 0.3 is 0 Å². The molecular weight excluding hydrogens is 258 g/mol. The third kappa shape index (κ3) is 4.77. The van der Waals surface area contributed by atoms with E-state index < -0.39 is 0 Å². The van der Waals surface area contributed by atoms with E-state index in [1.54, 1.807) is 0 Å². The predicted molar refractivity (Wildman–Crippen MR) is 88.8 cm³/mol. The highest BCUT2D eigenvalue weighted by molar-refractivity contribution is 5.25. The van der Waals surface area contributed by atoms with Crippen LogP contribution >= 0.6 is 0 Å². The molecule has 0 amide bonds. The summed E-state index contributed by atoms with van der Waals surface area (Å²) in [5.74, 6) is 1.71. The lowest BCUT2D eigenvalue weighted by molar-refractivity contribution is 0.427. The third-order valence-corrected chi connectivity index (χ3v) is 4.56. The summed E-state index contributed by atoms with van der Waals surface area (Å²) in [6, 6.07) is 0.567. The molecule has 0 bridgehead atoms. The summed E-state index contributed by atoms with van der Waals surface area (Å²) in [7, 11) is 0. The average Bonchev–Trinajstić information content (AvgIpc) is 2.46. The molecule has 1 aromatic rings. The summed E-state index contributed by atoms with van der Waals surface area (Å²) < 4.78 is 0. The fraction of sp³-hybridized carbons (Fsp3) is 0.778. The first-order valence-corrected chi connectivity index (χ1v) is 8.65. The summed E-state index contributed by atoms with van der Waals surface area (Å²) in [5.41, 5.74) is 3.76. The first-order valence-electron chi connectivity index (χ1n) is 8.65. The van der Waals surface area contributed by atoms with Gasteiger partial charge in [-0.3, -0.25) is 0 Å². The van der Waals surface area contributed by atoms with Crippen molar-refractivity contribution in [3.05, 3.63) is 22.8 Å². The van der Waals surface area contributed by atoms with Crippen molar-refractivity contribution in [1.29, 1.82) is 0 Å². The van der Waals surface area contributed by atoms with Crippen LogP contribution in [0.4, 0.5) is 0 Å². The van der Waals surface area contributed by atoms with Gasteiger partial charge in [-0.1, -0.05) is 33.1 Å². The molecule has 1 aliphatic carbocycles. The SMILES string of the molecule is Cc1nc(C2CCCCC2)nc(C)c1CCCNC(C)C. The molecule has 118 valence electrons. The largest absolute Gasteiger partial charge is 0.315 e. The van der Waals surface area contributed by atoms with Crippen LogP contribution in [0.3, 0.4) is 0 Å². The van der Waals surface area contributed by atoms with Crippen molar-refractivity contribution < 1.29 is 0 Å². The van der Waals surface area contributed by atoms with Crippen LogP contribution in [0, 0.1) is 13.8 Å². The van der Waals surface area contributed by atoms with E-state index in [-0.39, 0.29) is 0 Å². The molecule has 0 aromatic carbocycles. The maximum Gasteiger partial charge on any atom is 0.131 e. The standard InChI is InChI=1S/C18H31N3/c1-13(2)19-12-8-11-17-14(3)20-18(21-15(17)4)16-9-6-5-7-10-16/h13,16,19H,5-12H2,1-4H3. The van der Waals surface area contributed by atoms with Gasteiger partial charge in [0.05, 0.1) is 0 Å². The molecule has 1 saturated carbocycles. The van der Waals surface area contributed by atoms with Crippen molar-refractivity contribution in [2.45, 2.75) is 84.6 Å². The number of aromatic nitrogens is 2. The molecular formula is C18H31N3. The zero-order valence-electron chi connectivity index (χ0n) is 14.2. The Morgan fingerprint density at radius 2 is 1.67 bits per heavy atom. The van der Waals surface area contributed by atoms with Crippen molar-refractivity contribution in [3.63, 3.8) is 0 Å². The fourth-order valence-electron chi connectivity index (χ4n) is 3.33. The Bertz CT molecular complexity index is 425. The summed E-state index contributed by atoms with van der Waals surface area (Å²) in [6.45, 7) is 9.77. The quantitative estimate of drug-likeness (QED) is 0.802. The van der Waals surface area contributed by atoms with Crippen LogP contribution in [0.25, 0.3) is 0 Å². The van der Waals surface area contributed by atoms with E-state index in [0.717, 1.165) is 25.2 Å². The lowest BCUT2D eigenvalue weighted by atomic mass is 9.88. The zero-order valence-corrected chi connectivity index (χ0v) is 14.2. The molecule has 1 aliphatic rings. The van der Waals surface area contributed by atoms with Crippen molar-refractivity contribution in [2.75, 3.05) is 6.54 Å². The van der Waals surface area contributed by atoms with Gasteiger partial charge in [-0.05, 0) is 51.6 Å². The molecule has 1 aromatic heterocycles. The second-order valence-electron chi connectivity index (χ2n) is 6.78. The summed E-state index contributed by atoms with van der Waals surface area (Å²) in [4.78, 5) is 9.68. The van der Waals surface area contributed by atoms with Gasteiger partial charge in [0.2, 0.25) is 0 Å². The fourth-order valence-corrected chi connectivity index (χ4v) is 3.33. The van der Waals surface area contributed by atoms with Crippen LogP contribution in [-0.2, 0) is 6.42 Å². The normalized spacial score (nSPS) is 16.6. The second kappa shape index (κ2) is 7.88. The number of hydrogen-bond donors (Lipinski definition) is 1. The van der Waals surface area contributed by atoms with Crippen molar-refractivity contribution in [1.82, 2.24) is 15.3 Å². The molecule has 0 unspecified atom stereocenters. The van der Waals surface area contributed by atoms with Crippen molar-refractivity contribution in [2.24, 2.45) is 0 Å². The van der Waals surface area contributed by atoms with E-state index >= 15 is 0 Å². The van der Waals surface area contributed by atoms with E-state index in [4.69, 9.17) is 9.97 Å². The van der Waals surface area contributed by atoms with Gasteiger partial charge in [0.15, 0.2) is 0 Å². The minimum absolute atomic E-state index is 0.567. The highest BCUT2D eigenvalue weighted by Gasteiger charge is 2.19. The zero-order chi connectivity index (χ0) is 15.2. The summed E-state index contributed by atoms with van der Waals surface area (Å²) in [5, 5.41) is 3.48. The van der Waals surface area contributed by atoms with Gasteiger partial charge in [-0.15, -0.1) is 0 Å². The number of rotatable bonds is 6. The van der Waals surface area contributed by atoms with Crippen LogP contribution < -0.4 is 5.32 Å². The van der Waals surface area contributed by atoms with E-state index in [2.05, 4.69) is 33.0 Å². The minimum Gasteiger partial charge on any atom is -0.315 e. The maximum atomic E-state index is 4.84. The van der Waals surface area contributed by atoms with Crippen LogP contribution in [0.1, 0.15) is 81.1 Å². The molecule has 0 spiro atoms. The Hall–Kier alpha value is -0.960. The van der Waals surface area contributed by atoms with Crippen molar-refractivity contribution >= 4 is 0 Å². The van der Waals surface area contributed by atoms with Crippen LogP contribution in [0.15, 0.2) is 0 Å². The van der Waals surface area contributed by atoms with E-state index in [1.165, 1.54) is 49.1 Å². The summed E-state index contributed by atoms with van der Waals surface area (Å²) >= 11 is 0. The molecule has 1 heterocycles. The minimum atomic E-state index is 0.567. The Morgan fingerprint density at radius 3 is 2.24 bits per heavy atom. The first kappa shape index (κ1) is 16.4. The van der Waals surface area contributed by atoms with Crippen LogP contribution in [-0.4, -0.2) is 22.6 Å². The molecule has 3 nitrogen and oxygen atoms in total. The topological polar surface area (TPSA) is 37.8 Å². The lowest BCUT2D eigenvalue weighted by Gasteiger charge is -2.21. The second-order valence-corrected chi connectivity index (χ2v) is 6.78. The Labute approximate surface area is 130 Å². The van der Waals surface area contributed by atoms with Crippen LogP contribution in [0.5, 0.6) is 0 Å². The highest BCUT2D eigenvalue weighted by Crippen LogP contribution is 2.31. The Balaban J connectivity index is 1.99. The number of nitrogens with one attached hydrogen (secondary N) is 1. The molecule has 1 fully saturated rings. The van der Waals surface area contributed by atoms with Gasteiger partial charge in [-0.2, -0.15) is 0 Å². The number of aryl methyl sites for hydroxylation is 2. The number of nitrogens with zero attached hydrogens (tertiary/aromatic N) is 2. The molecule has 0 saturated heterocycles. The Morgan fingerprint density at radius 1 is 1.05 bits per heavy atom. The molecule has 21 heavy (non-hydrogen) atoms. The molecule has 3 heteroatoms. The van der Waals surface area contributed by atoms with Gasteiger partial charge in [-0.25, -0.2) is 9.97 Å². The van der Waals surface area contributed by atoms with Crippen LogP contribution in [0.2, 0.25) is 0 Å². The molecule has 1 N–H and O–H groups in total. The lowest BCUT2D eigenvalue weighted by Crippen LogP contribution is -2.24. The van der Waals surface area contributed by atoms with E-state index in [1.807, 2.05) is 0 Å². The van der Waals surface area contributed by atoms with Crippen molar-refractivity contribution in [3.8, 4) is 0 Å². The first-order chi connectivity index (χ1) is 10.1. The monoisotopic (exact) mass is 289 g/mol. The highest BCUT2D eigenvalue weighted by atomic mass is 14.9. The van der Waals surface area contributed by atoms with Gasteiger partial charge in [0.25, 0.3) is 0 Å². The maximum absolute atomic E-state index is 4.84. The number of hydrogen-bond acceptors (Lipinski definition) is 3. The molecule has 0 atom stereocenters. The molecule has 0 aliphatic heterocycles. The van der Waals surface area contributed by atoms with E-state index in [0.29, 0.717) is 12.0 Å². The predicted octanol–water partition coefficient (Wildman–Crippen LogP) is 4.07. The van der Waals surface area contributed by atoms with Gasteiger partial charge in [0.1, 0.15) is 5.82 Å². The Kier molecular flexibility index (Phi) is 6.16. The average molecular weight is 289 g/mol. The molecule has 2 rings (SSSR count). The van der Waals surface area contributed by atoms with E-state index in [9.17, 15) is 0 Å². The summed E-state index contributed by atoms with van der Waals surface area (Å²) in [6.07, 6.45) is 8.86. The van der Waals surface area contributed by atoms with Gasteiger partial charge < -0.3 is 5.32 Å². The third-order valence-electron chi connectivity index (χ3n) is 4.56. The molecule has 0 radical (unpaired) electrons.